The number of carbonyl (C=O) groups excluding carboxylic acids is 2. The predicted octanol–water partition coefficient (Wildman–Crippen LogP) is 2.84. The fourth-order valence-corrected chi connectivity index (χ4v) is 4.45. The monoisotopic (exact) mass is 452 g/mol. The molecular formula is C25H32N4O4. The van der Waals surface area contributed by atoms with E-state index < -0.39 is 5.92 Å². The first-order valence-electron chi connectivity index (χ1n) is 11.4. The van der Waals surface area contributed by atoms with Crippen molar-refractivity contribution in [1.82, 2.24) is 4.90 Å². The molecule has 2 aliphatic rings. The molecule has 4 rings (SSSR count). The van der Waals surface area contributed by atoms with Gasteiger partial charge in [0.2, 0.25) is 11.8 Å². The summed E-state index contributed by atoms with van der Waals surface area (Å²) in [4.78, 5) is 32.0. The van der Waals surface area contributed by atoms with E-state index >= 15 is 0 Å². The van der Waals surface area contributed by atoms with Gasteiger partial charge in [-0.05, 0) is 42.9 Å². The number of carbonyl (C=O) groups is 2. The zero-order valence-electron chi connectivity index (χ0n) is 19.5. The van der Waals surface area contributed by atoms with E-state index in [0.29, 0.717) is 23.7 Å². The van der Waals surface area contributed by atoms with Gasteiger partial charge in [0.05, 0.1) is 25.8 Å². The van der Waals surface area contributed by atoms with Gasteiger partial charge in [-0.1, -0.05) is 6.92 Å². The Morgan fingerprint density at radius 3 is 2.39 bits per heavy atom. The number of amides is 2. The molecule has 2 heterocycles. The average Bonchev–Trinajstić information content (AvgIpc) is 3.25. The molecular weight excluding hydrogens is 420 g/mol. The number of nitrogens with one attached hydrogen (secondary N) is 1. The summed E-state index contributed by atoms with van der Waals surface area (Å²) >= 11 is 0. The maximum absolute atomic E-state index is 12.9. The molecule has 1 unspecified atom stereocenters. The normalized spacial score (nSPS) is 19.0. The highest BCUT2D eigenvalue weighted by Gasteiger charge is 2.36. The average molecular weight is 453 g/mol. The van der Waals surface area contributed by atoms with Gasteiger partial charge in [-0.2, -0.15) is 0 Å². The Morgan fingerprint density at radius 1 is 1.03 bits per heavy atom. The van der Waals surface area contributed by atoms with E-state index in [1.54, 1.807) is 37.3 Å². The molecule has 8 nitrogen and oxygen atoms in total. The summed E-state index contributed by atoms with van der Waals surface area (Å²) in [6, 6.07) is 13.3. The van der Waals surface area contributed by atoms with Crippen molar-refractivity contribution < 1.29 is 19.1 Å². The molecule has 0 spiro atoms. The first kappa shape index (κ1) is 22.9. The fraction of sp³-hybridized carbons (Fsp3) is 0.440. The molecule has 2 saturated heterocycles. The lowest BCUT2D eigenvalue weighted by molar-refractivity contribution is -0.122. The Hall–Kier alpha value is -3.26. The van der Waals surface area contributed by atoms with Crippen molar-refractivity contribution in [2.45, 2.75) is 13.3 Å². The lowest BCUT2D eigenvalue weighted by Gasteiger charge is -2.35. The van der Waals surface area contributed by atoms with Crippen LogP contribution in [0.3, 0.4) is 0 Å². The van der Waals surface area contributed by atoms with Crippen LogP contribution >= 0.6 is 0 Å². The maximum Gasteiger partial charge on any atom is 0.229 e. The summed E-state index contributed by atoms with van der Waals surface area (Å²) in [6.45, 7) is 7.73. The molecule has 8 heteroatoms. The van der Waals surface area contributed by atoms with Gasteiger partial charge >= 0.3 is 0 Å². The van der Waals surface area contributed by atoms with E-state index in [0.717, 1.165) is 44.1 Å². The quantitative estimate of drug-likeness (QED) is 0.697. The van der Waals surface area contributed by atoms with E-state index in [-0.39, 0.29) is 18.2 Å². The topological polar surface area (TPSA) is 74.4 Å². The summed E-state index contributed by atoms with van der Waals surface area (Å²) in [7, 11) is 3.13. The molecule has 0 aromatic heterocycles. The zero-order valence-corrected chi connectivity index (χ0v) is 19.5. The van der Waals surface area contributed by atoms with Gasteiger partial charge < -0.3 is 29.5 Å². The molecule has 2 fully saturated rings. The number of hydrogen-bond acceptors (Lipinski definition) is 6. The minimum absolute atomic E-state index is 0.108. The second kappa shape index (κ2) is 10.1. The van der Waals surface area contributed by atoms with Crippen LogP contribution in [0.4, 0.5) is 17.1 Å². The Labute approximate surface area is 195 Å². The van der Waals surface area contributed by atoms with Crippen LogP contribution in [0.25, 0.3) is 0 Å². The molecule has 0 aliphatic carbocycles. The Bertz CT molecular complexity index is 986. The van der Waals surface area contributed by atoms with Crippen LogP contribution < -0.4 is 24.6 Å². The Kier molecular flexibility index (Phi) is 7.03. The van der Waals surface area contributed by atoms with Gasteiger partial charge in [0.1, 0.15) is 11.5 Å². The van der Waals surface area contributed by atoms with Gasteiger partial charge in [0, 0.05) is 56.6 Å². The van der Waals surface area contributed by atoms with Crippen LogP contribution in [0.15, 0.2) is 42.5 Å². The molecule has 2 aromatic carbocycles. The number of benzene rings is 2. The molecule has 2 aromatic rings. The van der Waals surface area contributed by atoms with E-state index in [1.165, 1.54) is 0 Å². The van der Waals surface area contributed by atoms with Crippen molar-refractivity contribution in [2.75, 3.05) is 68.6 Å². The molecule has 2 aliphatic heterocycles. The molecule has 1 atom stereocenters. The maximum atomic E-state index is 12.9. The highest BCUT2D eigenvalue weighted by Crippen LogP contribution is 2.36. The summed E-state index contributed by atoms with van der Waals surface area (Å²) in [5.74, 6) is 0.499. The van der Waals surface area contributed by atoms with E-state index in [2.05, 4.69) is 22.0 Å². The summed E-state index contributed by atoms with van der Waals surface area (Å²) in [5, 5.41) is 2.97. The molecule has 176 valence electrons. The van der Waals surface area contributed by atoms with E-state index in [9.17, 15) is 9.59 Å². The van der Waals surface area contributed by atoms with Crippen molar-refractivity contribution in [1.29, 1.82) is 0 Å². The van der Waals surface area contributed by atoms with Crippen LogP contribution in [-0.4, -0.2) is 70.2 Å². The van der Waals surface area contributed by atoms with Gasteiger partial charge in [0.15, 0.2) is 0 Å². The van der Waals surface area contributed by atoms with Crippen molar-refractivity contribution in [3.05, 3.63) is 42.5 Å². The number of nitrogens with zero attached hydrogens (tertiary/aromatic N) is 3. The first-order chi connectivity index (χ1) is 16.0. The molecule has 0 radical (unpaired) electrons. The third-order valence-corrected chi connectivity index (χ3v) is 6.49. The number of ether oxygens (including phenoxy) is 2. The summed E-state index contributed by atoms with van der Waals surface area (Å²) in [6.07, 6.45) is 0.159. The predicted molar refractivity (Wildman–Crippen MR) is 129 cm³/mol. The van der Waals surface area contributed by atoms with Crippen LogP contribution in [0.2, 0.25) is 0 Å². The van der Waals surface area contributed by atoms with Crippen molar-refractivity contribution in [3.8, 4) is 11.5 Å². The summed E-state index contributed by atoms with van der Waals surface area (Å²) in [5.41, 5.74) is 2.52. The Morgan fingerprint density at radius 2 is 1.76 bits per heavy atom. The zero-order chi connectivity index (χ0) is 23.4. The van der Waals surface area contributed by atoms with Crippen molar-refractivity contribution in [2.24, 2.45) is 5.92 Å². The van der Waals surface area contributed by atoms with Gasteiger partial charge in [-0.25, -0.2) is 0 Å². The van der Waals surface area contributed by atoms with Crippen LogP contribution in [-0.2, 0) is 9.59 Å². The minimum atomic E-state index is -0.435. The third-order valence-electron chi connectivity index (χ3n) is 6.49. The largest absolute Gasteiger partial charge is 0.497 e. The number of likely N-dealkylation sites (N-methyl/N-ethyl adjacent to an activating group) is 1. The number of piperazine rings is 1. The Balaban J connectivity index is 1.38. The number of hydrogen-bond donors (Lipinski definition) is 1. The molecule has 0 saturated carbocycles. The van der Waals surface area contributed by atoms with E-state index in [1.807, 2.05) is 24.3 Å². The van der Waals surface area contributed by atoms with Gasteiger partial charge in [-0.15, -0.1) is 0 Å². The van der Waals surface area contributed by atoms with Crippen LogP contribution in [0.5, 0.6) is 11.5 Å². The minimum Gasteiger partial charge on any atom is -0.497 e. The lowest BCUT2D eigenvalue weighted by atomic mass is 10.1. The number of methoxy groups -OCH3 is 2. The fourth-order valence-electron chi connectivity index (χ4n) is 4.45. The smallest absolute Gasteiger partial charge is 0.229 e. The van der Waals surface area contributed by atoms with Crippen molar-refractivity contribution in [3.63, 3.8) is 0 Å². The van der Waals surface area contributed by atoms with Gasteiger partial charge in [0.25, 0.3) is 0 Å². The standard InChI is InChI=1S/C25H32N4O4/c1-4-27-11-13-28(14-12-27)20-7-5-19(6-8-20)26-25(31)18-15-24(30)29(17-18)22-16-21(32-2)9-10-23(22)33-3/h5-10,16,18H,4,11-15,17H2,1-3H3,(H,26,31). The number of anilines is 3. The second-order valence-electron chi connectivity index (χ2n) is 8.40. The first-order valence-corrected chi connectivity index (χ1v) is 11.4. The molecule has 2 amide bonds. The highest BCUT2D eigenvalue weighted by atomic mass is 16.5. The van der Waals surface area contributed by atoms with Crippen LogP contribution in [0, 0.1) is 5.92 Å². The third kappa shape index (κ3) is 5.06. The van der Waals surface area contributed by atoms with E-state index in [4.69, 9.17) is 9.47 Å². The molecule has 33 heavy (non-hydrogen) atoms. The SMILES string of the molecule is CCN1CCN(c2ccc(NC(=O)C3CC(=O)N(c4cc(OC)ccc4OC)C3)cc2)CC1. The number of rotatable bonds is 7. The molecule has 1 N–H and O–H groups in total. The van der Waals surface area contributed by atoms with Crippen LogP contribution in [0.1, 0.15) is 13.3 Å². The molecule has 0 bridgehead atoms. The highest BCUT2D eigenvalue weighted by molar-refractivity contribution is 6.04. The summed E-state index contributed by atoms with van der Waals surface area (Å²) < 4.78 is 10.7. The lowest BCUT2D eigenvalue weighted by Crippen LogP contribution is -2.46. The van der Waals surface area contributed by atoms with Gasteiger partial charge in [-0.3, -0.25) is 9.59 Å². The second-order valence-corrected chi connectivity index (χ2v) is 8.40. The van der Waals surface area contributed by atoms with Crippen molar-refractivity contribution >= 4 is 28.9 Å².